The molecule has 1 aromatic carbocycles. The highest BCUT2D eigenvalue weighted by Gasteiger charge is 2.22. The first-order valence-corrected chi connectivity index (χ1v) is 9.19. The SMILES string of the molecule is C[C@H](Cn1cccn1)n1cnc(-c2ccccc2)c1-c1cnn2cccnc12. The fourth-order valence-electron chi connectivity index (χ4n) is 3.53. The van der Waals surface area contributed by atoms with Crippen LogP contribution in [0.2, 0.25) is 0 Å². The Morgan fingerprint density at radius 1 is 0.929 bits per heavy atom. The zero-order chi connectivity index (χ0) is 18.9. The van der Waals surface area contributed by atoms with Gasteiger partial charge < -0.3 is 4.57 Å². The van der Waals surface area contributed by atoms with Crippen LogP contribution in [-0.4, -0.2) is 33.9 Å². The number of benzene rings is 1. The van der Waals surface area contributed by atoms with Crippen molar-refractivity contribution in [3.63, 3.8) is 0 Å². The molecule has 0 aliphatic rings. The summed E-state index contributed by atoms with van der Waals surface area (Å²) in [5.41, 5.74) is 4.78. The van der Waals surface area contributed by atoms with Gasteiger partial charge in [-0.05, 0) is 19.1 Å². The molecule has 0 aliphatic carbocycles. The summed E-state index contributed by atoms with van der Waals surface area (Å²) in [5.74, 6) is 0. The summed E-state index contributed by atoms with van der Waals surface area (Å²) in [4.78, 5) is 9.32. The Bertz CT molecular complexity index is 1200. The Kier molecular flexibility index (Phi) is 3.97. The molecule has 0 N–H and O–H groups in total. The summed E-state index contributed by atoms with van der Waals surface area (Å²) >= 11 is 0. The lowest BCUT2D eigenvalue weighted by Crippen LogP contribution is -2.14. The second kappa shape index (κ2) is 6.77. The molecule has 0 saturated carbocycles. The Balaban J connectivity index is 1.69. The molecule has 5 rings (SSSR count). The van der Waals surface area contributed by atoms with Crippen LogP contribution >= 0.6 is 0 Å². The number of rotatable bonds is 5. The van der Waals surface area contributed by atoms with Gasteiger partial charge in [-0.15, -0.1) is 0 Å². The van der Waals surface area contributed by atoms with E-state index in [-0.39, 0.29) is 6.04 Å². The molecule has 7 nitrogen and oxygen atoms in total. The summed E-state index contributed by atoms with van der Waals surface area (Å²) in [5, 5.41) is 8.82. The monoisotopic (exact) mass is 369 g/mol. The van der Waals surface area contributed by atoms with Gasteiger partial charge in [0.1, 0.15) is 0 Å². The fourth-order valence-corrected chi connectivity index (χ4v) is 3.53. The van der Waals surface area contributed by atoms with Crippen LogP contribution in [0.1, 0.15) is 13.0 Å². The zero-order valence-electron chi connectivity index (χ0n) is 15.4. The molecule has 0 amide bonds. The minimum Gasteiger partial charge on any atom is -0.325 e. The van der Waals surface area contributed by atoms with E-state index in [1.54, 1.807) is 16.9 Å². The molecule has 5 aromatic rings. The van der Waals surface area contributed by atoms with Crippen molar-refractivity contribution in [1.82, 2.24) is 33.9 Å². The maximum absolute atomic E-state index is 4.77. The summed E-state index contributed by atoms with van der Waals surface area (Å²) in [6.45, 7) is 2.91. The minimum atomic E-state index is 0.151. The summed E-state index contributed by atoms with van der Waals surface area (Å²) in [6, 6.07) is 14.2. The number of hydrogen-bond acceptors (Lipinski definition) is 4. The molecule has 1 atom stereocenters. The van der Waals surface area contributed by atoms with Crippen LogP contribution in [0.5, 0.6) is 0 Å². The van der Waals surface area contributed by atoms with Gasteiger partial charge in [0.25, 0.3) is 0 Å². The molecule has 0 spiro atoms. The van der Waals surface area contributed by atoms with Crippen LogP contribution in [0, 0.1) is 0 Å². The van der Waals surface area contributed by atoms with E-state index in [0.29, 0.717) is 0 Å². The number of fused-ring (bicyclic) bond motifs is 1. The molecule has 4 aromatic heterocycles. The molecule has 4 heterocycles. The normalized spacial score (nSPS) is 12.5. The van der Waals surface area contributed by atoms with Crippen LogP contribution in [0.4, 0.5) is 0 Å². The average Bonchev–Trinajstić information content (AvgIpc) is 3.47. The third-order valence-corrected chi connectivity index (χ3v) is 4.86. The third-order valence-electron chi connectivity index (χ3n) is 4.86. The zero-order valence-corrected chi connectivity index (χ0v) is 15.4. The molecule has 0 aliphatic heterocycles. The van der Waals surface area contributed by atoms with Gasteiger partial charge in [0.05, 0.1) is 42.1 Å². The van der Waals surface area contributed by atoms with Crippen molar-refractivity contribution in [2.45, 2.75) is 19.5 Å². The molecular weight excluding hydrogens is 350 g/mol. The second-order valence-electron chi connectivity index (χ2n) is 6.74. The predicted octanol–water partition coefficient (Wildman–Crippen LogP) is 3.72. The number of nitrogens with zero attached hydrogens (tertiary/aromatic N) is 7. The Hall–Kier alpha value is -3.74. The number of hydrogen-bond donors (Lipinski definition) is 0. The second-order valence-corrected chi connectivity index (χ2v) is 6.74. The van der Waals surface area contributed by atoms with E-state index in [4.69, 9.17) is 4.98 Å². The van der Waals surface area contributed by atoms with Crippen molar-refractivity contribution >= 4 is 5.65 Å². The standard InChI is InChI=1S/C21H19N7/c1-16(14-26-11-6-10-24-26)27-15-23-19(17-7-3-2-4-8-17)20(27)18-13-25-28-12-5-9-22-21(18)28/h2-13,15-16H,14H2,1H3/t16-/m1/s1. The quantitative estimate of drug-likeness (QED) is 0.474. The van der Waals surface area contributed by atoms with Crippen molar-refractivity contribution in [1.29, 1.82) is 0 Å². The first-order chi connectivity index (χ1) is 13.8. The highest BCUT2D eigenvalue weighted by atomic mass is 15.3. The van der Waals surface area contributed by atoms with Gasteiger partial charge in [0.15, 0.2) is 5.65 Å². The van der Waals surface area contributed by atoms with Crippen molar-refractivity contribution in [3.8, 4) is 22.5 Å². The van der Waals surface area contributed by atoms with Gasteiger partial charge in [-0.25, -0.2) is 14.5 Å². The predicted molar refractivity (Wildman–Crippen MR) is 107 cm³/mol. The van der Waals surface area contributed by atoms with E-state index >= 15 is 0 Å². The van der Waals surface area contributed by atoms with Crippen molar-refractivity contribution in [2.24, 2.45) is 0 Å². The van der Waals surface area contributed by atoms with E-state index in [9.17, 15) is 0 Å². The molecule has 0 radical (unpaired) electrons. The van der Waals surface area contributed by atoms with Gasteiger partial charge in [-0.3, -0.25) is 4.68 Å². The van der Waals surface area contributed by atoms with Gasteiger partial charge in [-0.2, -0.15) is 10.2 Å². The molecule has 0 saturated heterocycles. The van der Waals surface area contributed by atoms with Crippen LogP contribution in [0.3, 0.4) is 0 Å². The number of aromatic nitrogens is 7. The Morgan fingerprint density at radius 3 is 2.61 bits per heavy atom. The van der Waals surface area contributed by atoms with Crippen molar-refractivity contribution < 1.29 is 0 Å². The van der Waals surface area contributed by atoms with Crippen LogP contribution in [-0.2, 0) is 6.54 Å². The number of imidazole rings is 1. The van der Waals surface area contributed by atoms with Crippen molar-refractivity contribution in [3.05, 3.63) is 79.8 Å². The van der Waals surface area contributed by atoms with Crippen LogP contribution in [0.15, 0.2) is 79.8 Å². The molecule has 0 bridgehead atoms. The molecule has 0 fully saturated rings. The molecule has 28 heavy (non-hydrogen) atoms. The largest absolute Gasteiger partial charge is 0.325 e. The first kappa shape index (κ1) is 16.4. The lowest BCUT2D eigenvalue weighted by Gasteiger charge is -2.17. The van der Waals surface area contributed by atoms with Crippen LogP contribution in [0.25, 0.3) is 28.2 Å². The highest BCUT2D eigenvalue weighted by molar-refractivity contribution is 5.85. The van der Waals surface area contributed by atoms with E-state index in [2.05, 4.69) is 38.8 Å². The Morgan fingerprint density at radius 2 is 1.79 bits per heavy atom. The maximum atomic E-state index is 4.77. The maximum Gasteiger partial charge on any atom is 0.164 e. The van der Waals surface area contributed by atoms with E-state index in [1.165, 1.54) is 0 Å². The van der Waals surface area contributed by atoms with Gasteiger partial charge in [-0.1, -0.05) is 30.3 Å². The van der Waals surface area contributed by atoms with Gasteiger partial charge in [0.2, 0.25) is 0 Å². The van der Waals surface area contributed by atoms with E-state index in [1.807, 2.05) is 59.9 Å². The van der Waals surface area contributed by atoms with Crippen LogP contribution < -0.4 is 0 Å². The Labute approximate surface area is 161 Å². The molecular formula is C21H19N7. The van der Waals surface area contributed by atoms with E-state index < -0.39 is 0 Å². The topological polar surface area (TPSA) is 65.8 Å². The fraction of sp³-hybridized carbons (Fsp3) is 0.143. The first-order valence-electron chi connectivity index (χ1n) is 9.19. The van der Waals surface area contributed by atoms with E-state index in [0.717, 1.165) is 34.7 Å². The summed E-state index contributed by atoms with van der Waals surface area (Å²) in [6.07, 6.45) is 11.2. The minimum absolute atomic E-state index is 0.151. The summed E-state index contributed by atoms with van der Waals surface area (Å²) in [7, 11) is 0. The third kappa shape index (κ3) is 2.77. The van der Waals surface area contributed by atoms with Gasteiger partial charge >= 0.3 is 0 Å². The lowest BCUT2D eigenvalue weighted by atomic mass is 10.1. The molecule has 138 valence electrons. The smallest absolute Gasteiger partial charge is 0.164 e. The van der Waals surface area contributed by atoms with Gasteiger partial charge in [0, 0.05) is 30.4 Å². The highest BCUT2D eigenvalue weighted by Crippen LogP contribution is 2.35. The molecule has 7 heteroatoms. The summed E-state index contributed by atoms with van der Waals surface area (Å²) < 4.78 is 5.92. The van der Waals surface area contributed by atoms with Crippen molar-refractivity contribution in [2.75, 3.05) is 0 Å². The lowest BCUT2D eigenvalue weighted by molar-refractivity contribution is 0.440. The average molecular weight is 369 g/mol. The molecule has 0 unspecified atom stereocenters.